The molecule has 0 fully saturated rings. The smallest absolute Gasteiger partial charge is 0.269 e. The van der Waals surface area contributed by atoms with Crippen molar-refractivity contribution in [1.29, 1.82) is 0 Å². The molecule has 1 amide bonds. The fourth-order valence-electron chi connectivity index (χ4n) is 2.73. The summed E-state index contributed by atoms with van der Waals surface area (Å²) in [6, 6.07) is 14.4. The summed E-state index contributed by atoms with van der Waals surface area (Å²) in [4.78, 5) is 24.7. The number of rotatable bonds is 10. The van der Waals surface area contributed by atoms with Gasteiger partial charge in [-0.2, -0.15) is 0 Å². The van der Waals surface area contributed by atoms with E-state index in [1.54, 1.807) is 12.1 Å². The molecule has 0 aliphatic rings. The van der Waals surface area contributed by atoms with Gasteiger partial charge in [0.05, 0.1) is 23.8 Å². The van der Waals surface area contributed by atoms with E-state index in [0.717, 1.165) is 30.1 Å². The van der Waals surface area contributed by atoms with Crippen LogP contribution in [0.3, 0.4) is 0 Å². The van der Waals surface area contributed by atoms with E-state index in [1.165, 1.54) is 34.4 Å². The van der Waals surface area contributed by atoms with Gasteiger partial charge in [-0.3, -0.25) is 14.9 Å². The molecule has 0 spiro atoms. The number of benzene rings is 2. The zero-order valence-electron chi connectivity index (χ0n) is 15.7. The Hall–Kier alpha value is -2.38. The number of nitro benzene ring substituents is 1. The van der Waals surface area contributed by atoms with Crippen molar-refractivity contribution in [1.82, 2.24) is 5.32 Å². The van der Waals surface area contributed by atoms with Gasteiger partial charge in [0.15, 0.2) is 0 Å². The lowest BCUT2D eigenvalue weighted by molar-refractivity contribution is -0.910. The molecule has 2 aromatic rings. The summed E-state index contributed by atoms with van der Waals surface area (Å²) >= 11 is 1.37. The predicted octanol–water partition coefficient (Wildman–Crippen LogP) is 2.43. The minimum absolute atomic E-state index is 0.0516. The maximum atomic E-state index is 12.2. The molecule has 0 aliphatic heterocycles. The largest absolute Gasteiger partial charge is 0.351 e. The molecule has 6 nitrogen and oxygen atoms in total. The highest BCUT2D eigenvalue weighted by Crippen LogP contribution is 2.21. The number of hydrogen-bond acceptors (Lipinski definition) is 4. The summed E-state index contributed by atoms with van der Waals surface area (Å²) in [6.45, 7) is 7.97. The van der Waals surface area contributed by atoms with Crippen LogP contribution in [-0.4, -0.2) is 29.7 Å². The van der Waals surface area contributed by atoms with E-state index < -0.39 is 4.92 Å². The zero-order chi connectivity index (χ0) is 19.6. The molecule has 27 heavy (non-hydrogen) atoms. The van der Waals surface area contributed by atoms with E-state index >= 15 is 0 Å². The van der Waals surface area contributed by atoms with Crippen LogP contribution in [0.1, 0.15) is 25.0 Å². The van der Waals surface area contributed by atoms with Crippen LogP contribution >= 0.6 is 11.8 Å². The number of quaternary nitrogens is 1. The van der Waals surface area contributed by atoms with Gasteiger partial charge in [-0.25, -0.2) is 0 Å². The highest BCUT2D eigenvalue weighted by atomic mass is 32.2. The lowest BCUT2D eigenvalue weighted by Gasteiger charge is -2.18. The first-order chi connectivity index (χ1) is 13.0. The molecule has 0 atom stereocenters. The molecule has 0 unspecified atom stereocenters. The van der Waals surface area contributed by atoms with Crippen molar-refractivity contribution < 1.29 is 14.6 Å². The van der Waals surface area contributed by atoms with Gasteiger partial charge in [-0.15, -0.1) is 11.8 Å². The van der Waals surface area contributed by atoms with E-state index in [1.807, 2.05) is 12.1 Å². The van der Waals surface area contributed by atoms with Gasteiger partial charge in [-0.05, 0) is 31.5 Å². The number of hydrogen-bond donors (Lipinski definition) is 2. The maximum absolute atomic E-state index is 12.2. The third-order valence-corrected chi connectivity index (χ3v) is 5.46. The number of nitrogens with one attached hydrogen (secondary N) is 2. The lowest BCUT2D eigenvalue weighted by atomic mass is 10.1. The third kappa shape index (κ3) is 6.69. The van der Waals surface area contributed by atoms with E-state index in [4.69, 9.17) is 0 Å². The van der Waals surface area contributed by atoms with Gasteiger partial charge in [0.1, 0.15) is 6.54 Å². The highest BCUT2D eigenvalue weighted by Gasteiger charge is 2.10. The molecule has 0 bridgehead atoms. The van der Waals surface area contributed by atoms with Crippen molar-refractivity contribution >= 4 is 23.4 Å². The quantitative estimate of drug-likeness (QED) is 0.372. The minimum atomic E-state index is -0.432. The SMILES string of the molecule is CC[NH+](CC)Cc1ccccc1CNC(=O)CSc1ccc([N+](=O)[O-])cc1. The first-order valence-electron chi connectivity index (χ1n) is 9.07. The van der Waals surface area contributed by atoms with Crippen LogP contribution in [0, 0.1) is 10.1 Å². The monoisotopic (exact) mass is 388 g/mol. The van der Waals surface area contributed by atoms with Gasteiger partial charge in [0, 0.05) is 29.1 Å². The Morgan fingerprint density at radius 2 is 1.70 bits per heavy atom. The van der Waals surface area contributed by atoms with Crippen molar-refractivity contribution in [2.24, 2.45) is 0 Å². The van der Waals surface area contributed by atoms with Crippen LogP contribution in [0.25, 0.3) is 0 Å². The van der Waals surface area contributed by atoms with Gasteiger partial charge >= 0.3 is 0 Å². The van der Waals surface area contributed by atoms with E-state index in [2.05, 4.69) is 31.3 Å². The molecular weight excluding hydrogens is 362 g/mol. The Balaban J connectivity index is 1.85. The van der Waals surface area contributed by atoms with Crippen molar-refractivity contribution in [3.05, 3.63) is 69.8 Å². The topological polar surface area (TPSA) is 76.7 Å². The average Bonchev–Trinajstić information content (AvgIpc) is 2.69. The first kappa shape index (κ1) is 20.9. The van der Waals surface area contributed by atoms with Crippen LogP contribution in [-0.2, 0) is 17.9 Å². The fraction of sp³-hybridized carbons (Fsp3) is 0.350. The van der Waals surface area contributed by atoms with E-state index in [-0.39, 0.29) is 17.3 Å². The Morgan fingerprint density at radius 1 is 1.07 bits per heavy atom. The Labute approximate surface area is 164 Å². The summed E-state index contributed by atoms with van der Waals surface area (Å²) in [6.07, 6.45) is 0. The summed E-state index contributed by atoms with van der Waals surface area (Å²) in [5, 5.41) is 13.6. The molecule has 0 radical (unpaired) electrons. The lowest BCUT2D eigenvalue weighted by Crippen LogP contribution is -3.10. The number of nitrogens with zero attached hydrogens (tertiary/aromatic N) is 1. The second kappa shape index (κ2) is 10.7. The Bertz CT molecular complexity index is 761. The highest BCUT2D eigenvalue weighted by molar-refractivity contribution is 8.00. The summed E-state index contributed by atoms with van der Waals surface area (Å²) in [7, 11) is 0. The Kier molecular flexibility index (Phi) is 8.29. The molecule has 0 aliphatic carbocycles. The van der Waals surface area contributed by atoms with Crippen molar-refractivity contribution in [3.63, 3.8) is 0 Å². The van der Waals surface area contributed by atoms with Crippen LogP contribution in [0.15, 0.2) is 53.4 Å². The van der Waals surface area contributed by atoms with E-state index in [9.17, 15) is 14.9 Å². The number of non-ortho nitro benzene ring substituents is 1. The normalized spacial score (nSPS) is 10.8. The number of carbonyl (C=O) groups is 1. The average molecular weight is 389 g/mol. The van der Waals surface area contributed by atoms with E-state index in [0.29, 0.717) is 6.54 Å². The summed E-state index contributed by atoms with van der Waals surface area (Å²) < 4.78 is 0. The molecular formula is C20H26N3O3S+. The van der Waals surface area contributed by atoms with Crippen LogP contribution in [0.5, 0.6) is 0 Å². The molecule has 0 saturated heterocycles. The number of thioether (sulfide) groups is 1. The van der Waals surface area contributed by atoms with Gasteiger partial charge in [-0.1, -0.05) is 24.3 Å². The van der Waals surface area contributed by atoms with Crippen molar-refractivity contribution in [2.75, 3.05) is 18.8 Å². The van der Waals surface area contributed by atoms with Gasteiger partial charge in [0.25, 0.3) is 5.69 Å². The molecule has 2 rings (SSSR count). The second-order valence-corrected chi connectivity index (χ2v) is 7.27. The van der Waals surface area contributed by atoms with Gasteiger partial charge in [0.2, 0.25) is 5.91 Å². The first-order valence-corrected chi connectivity index (χ1v) is 10.1. The second-order valence-electron chi connectivity index (χ2n) is 6.22. The van der Waals surface area contributed by atoms with Crippen LogP contribution < -0.4 is 10.2 Å². The summed E-state index contributed by atoms with van der Waals surface area (Å²) in [5.41, 5.74) is 2.46. The third-order valence-electron chi connectivity index (χ3n) is 4.45. The number of nitro groups is 1. The molecule has 2 N–H and O–H groups in total. The zero-order valence-corrected chi connectivity index (χ0v) is 16.6. The molecule has 7 heteroatoms. The molecule has 0 heterocycles. The molecule has 2 aromatic carbocycles. The molecule has 0 aromatic heterocycles. The molecule has 0 saturated carbocycles. The fourth-order valence-corrected chi connectivity index (χ4v) is 3.46. The van der Waals surface area contributed by atoms with Crippen molar-refractivity contribution in [2.45, 2.75) is 31.8 Å². The van der Waals surface area contributed by atoms with Crippen LogP contribution in [0.4, 0.5) is 5.69 Å². The van der Waals surface area contributed by atoms with Crippen LogP contribution in [0.2, 0.25) is 0 Å². The van der Waals surface area contributed by atoms with Crippen molar-refractivity contribution in [3.8, 4) is 0 Å². The molecule has 144 valence electrons. The van der Waals surface area contributed by atoms with Gasteiger partial charge < -0.3 is 10.2 Å². The number of amides is 1. The number of carbonyl (C=O) groups excluding carboxylic acids is 1. The standard InChI is InChI=1S/C20H25N3O3S/c1-3-22(4-2)14-17-8-6-5-7-16(17)13-21-20(24)15-27-19-11-9-18(10-12-19)23(25)26/h5-12H,3-4,13-15H2,1-2H3,(H,21,24)/p+1. The Morgan fingerprint density at radius 3 is 2.30 bits per heavy atom. The maximum Gasteiger partial charge on any atom is 0.269 e. The summed E-state index contributed by atoms with van der Waals surface area (Å²) in [5.74, 6) is 0.227. The minimum Gasteiger partial charge on any atom is -0.351 e. The predicted molar refractivity (Wildman–Crippen MR) is 108 cm³/mol.